The number of nitrogens with zero attached hydrogens (tertiary/aromatic N) is 1. The molecular weight excluding hydrogens is 462 g/mol. The van der Waals surface area contributed by atoms with E-state index in [1.54, 1.807) is 7.11 Å². The first-order valence-corrected chi connectivity index (χ1v) is 14.1. The van der Waals surface area contributed by atoms with E-state index in [-0.39, 0.29) is 22.7 Å². The van der Waals surface area contributed by atoms with Crippen LogP contribution < -0.4 is 4.74 Å². The molecule has 2 saturated carbocycles. The maximum atomic E-state index is 12.2. The molecule has 2 aromatic rings. The van der Waals surface area contributed by atoms with Gasteiger partial charge in [0.25, 0.3) is 0 Å². The number of rotatable bonds is 5. The van der Waals surface area contributed by atoms with Crippen LogP contribution in [0.2, 0.25) is 0 Å². The molecule has 7 atom stereocenters. The van der Waals surface area contributed by atoms with Crippen LogP contribution in [0, 0.1) is 23.7 Å². The average Bonchev–Trinajstić information content (AvgIpc) is 3.63. The fourth-order valence-electron chi connectivity index (χ4n) is 9.75. The number of aryl methyl sites for hydroxylation is 1. The summed E-state index contributed by atoms with van der Waals surface area (Å²) in [5.41, 5.74) is 2.70. The van der Waals surface area contributed by atoms with Gasteiger partial charge in [-0.25, -0.2) is 0 Å². The largest absolute Gasteiger partial charge is 0.504 e. The van der Waals surface area contributed by atoms with E-state index in [1.807, 2.05) is 18.2 Å². The quantitative estimate of drug-likeness (QED) is 0.578. The molecule has 0 radical (unpaired) electrons. The number of methoxy groups -OCH3 is 1. The fraction of sp³-hybridized carbons (Fsp3) is 0.562. The van der Waals surface area contributed by atoms with E-state index in [0.717, 1.165) is 49.4 Å². The predicted molar refractivity (Wildman–Crippen MR) is 141 cm³/mol. The first kappa shape index (κ1) is 22.6. The van der Waals surface area contributed by atoms with Crippen LogP contribution in [0.4, 0.5) is 0 Å². The molecule has 4 bridgehead atoms. The molecule has 5 aliphatic carbocycles. The summed E-state index contributed by atoms with van der Waals surface area (Å²) in [5, 5.41) is 23.2. The first-order chi connectivity index (χ1) is 17.8. The molecule has 37 heavy (non-hydrogen) atoms. The van der Waals surface area contributed by atoms with E-state index in [0.29, 0.717) is 11.8 Å². The highest BCUT2D eigenvalue weighted by molar-refractivity contribution is 5.65. The Morgan fingerprint density at radius 1 is 1.19 bits per heavy atom. The highest BCUT2D eigenvalue weighted by atomic mass is 16.6. The zero-order valence-corrected chi connectivity index (χ0v) is 22.0. The van der Waals surface area contributed by atoms with Gasteiger partial charge < -0.3 is 19.7 Å². The van der Waals surface area contributed by atoms with E-state index in [2.05, 4.69) is 49.1 Å². The zero-order valence-electron chi connectivity index (χ0n) is 22.0. The van der Waals surface area contributed by atoms with Crippen LogP contribution in [0.15, 0.2) is 48.6 Å². The second kappa shape index (κ2) is 6.99. The average molecular weight is 500 g/mol. The van der Waals surface area contributed by atoms with Gasteiger partial charge in [-0.2, -0.15) is 0 Å². The molecule has 194 valence electrons. The van der Waals surface area contributed by atoms with Gasteiger partial charge in [0.1, 0.15) is 11.7 Å². The number of aliphatic hydroxyl groups excluding tert-OH is 1. The second-order valence-corrected chi connectivity index (χ2v) is 13.1. The standard InChI is InChI=1S/C32H37NO4/c1-19-5-4-6-22(15-19)27(35)29(2)18-30-11-12-32(29,36-3)28-31(30)13-14-33(17-20-7-8-20)24(30)16-21-9-10-23(34)26(37-28)25(21)31/h4-6,9-12,15,20,24,27-28,34-35H,7-8,13-14,16-18H2,1-3H3/t24-,27+,28-,29-,30-,31+,32+/m1/s1. The maximum absolute atomic E-state index is 12.2. The van der Waals surface area contributed by atoms with Gasteiger partial charge in [0, 0.05) is 36.1 Å². The van der Waals surface area contributed by atoms with Crippen molar-refractivity contribution in [2.75, 3.05) is 20.2 Å². The Hall–Kier alpha value is -2.34. The summed E-state index contributed by atoms with van der Waals surface area (Å²) in [5.74, 6) is 1.69. The maximum Gasteiger partial charge on any atom is 0.165 e. The van der Waals surface area contributed by atoms with Crippen LogP contribution in [0.5, 0.6) is 11.5 Å². The third-order valence-electron chi connectivity index (χ3n) is 11.5. The number of hydrogen-bond acceptors (Lipinski definition) is 5. The Morgan fingerprint density at radius 3 is 2.78 bits per heavy atom. The summed E-state index contributed by atoms with van der Waals surface area (Å²) in [6.45, 7) is 6.49. The molecule has 2 spiro atoms. The smallest absolute Gasteiger partial charge is 0.165 e. The fourth-order valence-corrected chi connectivity index (χ4v) is 9.75. The van der Waals surface area contributed by atoms with Gasteiger partial charge in [-0.05, 0) is 68.7 Å². The van der Waals surface area contributed by atoms with Crippen LogP contribution in [0.1, 0.15) is 61.0 Å². The Bertz CT molecular complexity index is 1350. The highest BCUT2D eigenvalue weighted by Gasteiger charge is 2.82. The lowest BCUT2D eigenvalue weighted by molar-refractivity contribution is -0.270. The van der Waals surface area contributed by atoms with Crippen molar-refractivity contribution >= 4 is 0 Å². The molecule has 2 N–H and O–H groups in total. The van der Waals surface area contributed by atoms with Crippen molar-refractivity contribution in [3.8, 4) is 11.5 Å². The molecule has 3 fully saturated rings. The number of benzene rings is 2. The number of aliphatic hydroxyl groups is 1. The van der Waals surface area contributed by atoms with Crippen molar-refractivity contribution in [3.05, 3.63) is 70.8 Å². The topological polar surface area (TPSA) is 62.2 Å². The Balaban J connectivity index is 1.38. The van der Waals surface area contributed by atoms with Gasteiger partial charge in [0.15, 0.2) is 11.5 Å². The second-order valence-electron chi connectivity index (χ2n) is 13.1. The van der Waals surface area contributed by atoms with E-state index < -0.39 is 17.1 Å². The molecule has 2 aliphatic heterocycles. The lowest BCUT2D eigenvalue weighted by Crippen LogP contribution is -2.81. The summed E-state index contributed by atoms with van der Waals surface area (Å²) in [6.07, 6.45) is 9.13. The van der Waals surface area contributed by atoms with Crippen molar-refractivity contribution in [2.24, 2.45) is 16.7 Å². The number of hydrogen-bond donors (Lipinski definition) is 2. The number of aromatic hydroxyl groups is 1. The van der Waals surface area contributed by atoms with E-state index in [4.69, 9.17) is 9.47 Å². The van der Waals surface area contributed by atoms with Crippen molar-refractivity contribution in [2.45, 2.75) is 75.2 Å². The number of likely N-dealkylation sites (tertiary alicyclic amines) is 1. The third-order valence-corrected chi connectivity index (χ3v) is 11.5. The van der Waals surface area contributed by atoms with Gasteiger partial charge in [-0.15, -0.1) is 0 Å². The van der Waals surface area contributed by atoms with E-state index in [1.165, 1.54) is 24.0 Å². The molecule has 0 amide bonds. The number of piperidine rings is 1. The van der Waals surface area contributed by atoms with Crippen LogP contribution in [0.3, 0.4) is 0 Å². The molecule has 5 nitrogen and oxygen atoms in total. The van der Waals surface area contributed by atoms with Crippen LogP contribution in [0.25, 0.3) is 0 Å². The van der Waals surface area contributed by atoms with Crippen molar-refractivity contribution < 1.29 is 19.7 Å². The summed E-state index contributed by atoms with van der Waals surface area (Å²) in [7, 11) is 1.77. The zero-order chi connectivity index (χ0) is 25.4. The van der Waals surface area contributed by atoms with E-state index in [9.17, 15) is 10.2 Å². The van der Waals surface area contributed by atoms with Crippen LogP contribution >= 0.6 is 0 Å². The summed E-state index contributed by atoms with van der Waals surface area (Å²) in [4.78, 5) is 2.77. The predicted octanol–water partition coefficient (Wildman–Crippen LogP) is 4.82. The number of fused-ring (bicyclic) bond motifs is 1. The van der Waals surface area contributed by atoms with Crippen molar-refractivity contribution in [1.82, 2.24) is 4.90 Å². The molecule has 7 aliphatic rings. The molecule has 0 aromatic heterocycles. The minimum absolute atomic E-state index is 0.198. The number of phenolic OH excluding ortho intramolecular Hbond substituents is 1. The van der Waals surface area contributed by atoms with E-state index >= 15 is 0 Å². The Kier molecular flexibility index (Phi) is 4.28. The molecular formula is C32H37NO4. The minimum Gasteiger partial charge on any atom is -0.504 e. The van der Waals surface area contributed by atoms with Crippen LogP contribution in [-0.4, -0.2) is 53.1 Å². The number of phenols is 1. The molecule has 2 aromatic carbocycles. The molecule has 1 saturated heterocycles. The van der Waals surface area contributed by atoms with Gasteiger partial charge in [0.05, 0.1) is 11.5 Å². The normalized spacial score (nSPS) is 41.4. The summed E-state index contributed by atoms with van der Waals surface area (Å²) in [6, 6.07) is 12.5. The third kappa shape index (κ3) is 2.44. The van der Waals surface area contributed by atoms with Gasteiger partial charge >= 0.3 is 0 Å². The summed E-state index contributed by atoms with van der Waals surface area (Å²) < 4.78 is 13.5. The monoisotopic (exact) mass is 499 g/mol. The molecule has 5 heteroatoms. The van der Waals surface area contributed by atoms with Crippen LogP contribution in [-0.2, 0) is 16.6 Å². The number of ether oxygens (including phenoxy) is 2. The minimum atomic E-state index is -0.832. The highest BCUT2D eigenvalue weighted by Crippen LogP contribution is 2.78. The summed E-state index contributed by atoms with van der Waals surface area (Å²) >= 11 is 0. The lowest BCUT2D eigenvalue weighted by Gasteiger charge is -2.74. The first-order valence-electron chi connectivity index (χ1n) is 14.1. The SMILES string of the molecule is CO[C@]12C=C[C@@]3(C[C@]1(C)[C@@H](O)c1cccc(C)c1)[C@H]1Cc4ccc(O)c5c4[C@@]3(CCN1CC1CC1)[C@H]2O5. The Morgan fingerprint density at radius 2 is 2.03 bits per heavy atom. The Labute approximate surface area is 219 Å². The molecule has 0 unspecified atom stereocenters. The molecule has 2 heterocycles. The van der Waals surface area contributed by atoms with Gasteiger partial charge in [0.2, 0.25) is 0 Å². The van der Waals surface area contributed by atoms with Crippen molar-refractivity contribution in [3.63, 3.8) is 0 Å². The lowest BCUT2D eigenvalue weighted by atomic mass is 9.33. The van der Waals surface area contributed by atoms with Gasteiger partial charge in [-0.3, -0.25) is 4.90 Å². The van der Waals surface area contributed by atoms with Crippen molar-refractivity contribution in [1.29, 1.82) is 0 Å². The molecule has 9 rings (SSSR count). The van der Waals surface area contributed by atoms with Gasteiger partial charge in [-0.1, -0.05) is 55.0 Å².